The molecule has 0 aromatic rings. The van der Waals surface area contributed by atoms with E-state index in [0.717, 1.165) is 25.7 Å². The van der Waals surface area contributed by atoms with Crippen LogP contribution in [0.25, 0.3) is 0 Å². The summed E-state index contributed by atoms with van der Waals surface area (Å²) in [5, 5.41) is 17.6. The number of aliphatic hydroxyl groups is 2. The Morgan fingerprint density at radius 3 is 2.08 bits per heavy atom. The molecule has 0 saturated heterocycles. The topological polar surface area (TPSA) is 40.5 Å². The lowest BCUT2D eigenvalue weighted by molar-refractivity contribution is 0.166. The standard InChI is InChI=1S/C11H24O2/c1-3-6-11(2,8-10-13)7-4-5-9-12/h12-13H,3-10H2,1-2H3. The van der Waals surface area contributed by atoms with Crippen LogP contribution in [-0.4, -0.2) is 23.4 Å². The predicted octanol–water partition coefficient (Wildman–Crippen LogP) is 2.34. The number of hydrogen-bond acceptors (Lipinski definition) is 2. The van der Waals surface area contributed by atoms with Crippen molar-refractivity contribution < 1.29 is 10.2 Å². The first kappa shape index (κ1) is 12.9. The summed E-state index contributed by atoms with van der Waals surface area (Å²) in [5.41, 5.74) is 0.290. The monoisotopic (exact) mass is 188 g/mol. The maximum absolute atomic E-state index is 8.94. The molecule has 2 nitrogen and oxygen atoms in total. The van der Waals surface area contributed by atoms with Gasteiger partial charge < -0.3 is 10.2 Å². The SMILES string of the molecule is CCCC(C)(CCO)CCCCO. The van der Waals surface area contributed by atoms with Crippen molar-refractivity contribution in [2.75, 3.05) is 13.2 Å². The van der Waals surface area contributed by atoms with E-state index in [1.54, 1.807) is 0 Å². The molecule has 0 aliphatic heterocycles. The third-order valence-corrected chi connectivity index (χ3v) is 2.76. The normalized spacial score (nSPS) is 15.7. The van der Waals surface area contributed by atoms with Gasteiger partial charge in [0.2, 0.25) is 0 Å². The Kier molecular flexibility index (Phi) is 7.29. The first-order chi connectivity index (χ1) is 6.18. The maximum Gasteiger partial charge on any atom is 0.0436 e. The van der Waals surface area contributed by atoms with Gasteiger partial charge in [-0.2, -0.15) is 0 Å². The van der Waals surface area contributed by atoms with Crippen LogP contribution in [0.1, 0.15) is 52.4 Å². The zero-order valence-corrected chi connectivity index (χ0v) is 9.05. The summed E-state index contributed by atoms with van der Waals surface area (Å²) in [7, 11) is 0. The number of unbranched alkanes of at least 4 members (excludes halogenated alkanes) is 1. The van der Waals surface area contributed by atoms with Crippen molar-refractivity contribution in [2.45, 2.75) is 52.4 Å². The van der Waals surface area contributed by atoms with Crippen molar-refractivity contribution in [3.8, 4) is 0 Å². The van der Waals surface area contributed by atoms with Gasteiger partial charge in [0.05, 0.1) is 0 Å². The maximum atomic E-state index is 8.94. The summed E-state index contributed by atoms with van der Waals surface area (Å²) >= 11 is 0. The van der Waals surface area contributed by atoms with Crippen LogP contribution in [0.5, 0.6) is 0 Å². The lowest BCUT2D eigenvalue weighted by Gasteiger charge is -2.28. The molecule has 0 aliphatic carbocycles. The molecule has 0 radical (unpaired) electrons. The zero-order chi connectivity index (χ0) is 10.2. The molecule has 0 aromatic carbocycles. The number of hydrogen-bond donors (Lipinski definition) is 2. The second kappa shape index (κ2) is 7.34. The number of aliphatic hydroxyl groups excluding tert-OH is 2. The first-order valence-corrected chi connectivity index (χ1v) is 5.40. The van der Waals surface area contributed by atoms with Crippen LogP contribution in [-0.2, 0) is 0 Å². The van der Waals surface area contributed by atoms with Crippen LogP contribution in [0.4, 0.5) is 0 Å². The Morgan fingerprint density at radius 2 is 1.62 bits per heavy atom. The molecule has 0 spiro atoms. The van der Waals surface area contributed by atoms with Crippen LogP contribution < -0.4 is 0 Å². The highest BCUT2D eigenvalue weighted by Gasteiger charge is 2.21. The van der Waals surface area contributed by atoms with Gasteiger partial charge in [0.15, 0.2) is 0 Å². The molecule has 0 saturated carbocycles. The second-order valence-electron chi connectivity index (χ2n) is 4.21. The molecule has 1 unspecified atom stereocenters. The molecule has 2 N–H and O–H groups in total. The highest BCUT2D eigenvalue weighted by atomic mass is 16.3. The fraction of sp³-hybridized carbons (Fsp3) is 1.00. The van der Waals surface area contributed by atoms with E-state index in [1.165, 1.54) is 12.8 Å². The summed E-state index contributed by atoms with van der Waals surface area (Å²) in [6.07, 6.45) is 6.35. The molecule has 0 bridgehead atoms. The van der Waals surface area contributed by atoms with Crippen molar-refractivity contribution >= 4 is 0 Å². The molecule has 0 amide bonds. The Balaban J connectivity index is 3.76. The summed E-state index contributed by atoms with van der Waals surface area (Å²) in [6.45, 7) is 5.00. The minimum atomic E-state index is 0.287. The molecule has 13 heavy (non-hydrogen) atoms. The lowest BCUT2D eigenvalue weighted by atomic mass is 9.78. The van der Waals surface area contributed by atoms with Crippen LogP contribution in [0.2, 0.25) is 0 Å². The van der Waals surface area contributed by atoms with Crippen LogP contribution >= 0.6 is 0 Å². The lowest BCUT2D eigenvalue weighted by Crippen LogP contribution is -2.18. The summed E-state index contributed by atoms with van der Waals surface area (Å²) in [6, 6.07) is 0. The smallest absolute Gasteiger partial charge is 0.0436 e. The Labute approximate surface area is 82.0 Å². The van der Waals surface area contributed by atoms with E-state index < -0.39 is 0 Å². The fourth-order valence-corrected chi connectivity index (χ4v) is 1.91. The van der Waals surface area contributed by atoms with Gasteiger partial charge in [-0.3, -0.25) is 0 Å². The van der Waals surface area contributed by atoms with E-state index in [0.29, 0.717) is 12.0 Å². The van der Waals surface area contributed by atoms with Gasteiger partial charge in [0.1, 0.15) is 0 Å². The van der Waals surface area contributed by atoms with E-state index in [4.69, 9.17) is 10.2 Å². The third-order valence-electron chi connectivity index (χ3n) is 2.76. The van der Waals surface area contributed by atoms with Crippen LogP contribution in [0.3, 0.4) is 0 Å². The quantitative estimate of drug-likeness (QED) is 0.574. The number of rotatable bonds is 8. The van der Waals surface area contributed by atoms with Crippen LogP contribution in [0, 0.1) is 5.41 Å². The zero-order valence-electron chi connectivity index (χ0n) is 9.05. The molecule has 1 atom stereocenters. The molecule has 0 aromatic heterocycles. The average molecular weight is 188 g/mol. The Bertz CT molecular complexity index is 107. The van der Waals surface area contributed by atoms with Gasteiger partial charge >= 0.3 is 0 Å². The van der Waals surface area contributed by atoms with E-state index in [2.05, 4.69) is 13.8 Å². The third kappa shape index (κ3) is 6.05. The van der Waals surface area contributed by atoms with Crippen LogP contribution in [0.15, 0.2) is 0 Å². The minimum absolute atomic E-state index is 0.287. The molecule has 2 heteroatoms. The molecule has 80 valence electrons. The Hall–Kier alpha value is -0.0800. The molecular formula is C11H24O2. The van der Waals surface area contributed by atoms with Gasteiger partial charge in [-0.25, -0.2) is 0 Å². The van der Waals surface area contributed by atoms with Gasteiger partial charge in [-0.1, -0.05) is 26.7 Å². The van der Waals surface area contributed by atoms with Gasteiger partial charge in [-0.05, 0) is 31.1 Å². The van der Waals surface area contributed by atoms with E-state index in [-0.39, 0.29) is 6.61 Å². The largest absolute Gasteiger partial charge is 0.396 e. The summed E-state index contributed by atoms with van der Waals surface area (Å²) < 4.78 is 0. The summed E-state index contributed by atoms with van der Waals surface area (Å²) in [5.74, 6) is 0. The first-order valence-electron chi connectivity index (χ1n) is 5.40. The second-order valence-corrected chi connectivity index (χ2v) is 4.21. The predicted molar refractivity (Wildman–Crippen MR) is 55.7 cm³/mol. The van der Waals surface area contributed by atoms with Crippen molar-refractivity contribution in [1.82, 2.24) is 0 Å². The molecule has 0 heterocycles. The summed E-state index contributed by atoms with van der Waals surface area (Å²) in [4.78, 5) is 0. The highest BCUT2D eigenvalue weighted by molar-refractivity contribution is 4.73. The fourth-order valence-electron chi connectivity index (χ4n) is 1.91. The molecule has 0 fully saturated rings. The minimum Gasteiger partial charge on any atom is -0.396 e. The van der Waals surface area contributed by atoms with E-state index >= 15 is 0 Å². The molecule has 0 aliphatic rings. The van der Waals surface area contributed by atoms with Gasteiger partial charge in [0.25, 0.3) is 0 Å². The average Bonchev–Trinajstić information content (AvgIpc) is 2.05. The van der Waals surface area contributed by atoms with E-state index in [1.807, 2.05) is 0 Å². The van der Waals surface area contributed by atoms with Crippen molar-refractivity contribution in [3.05, 3.63) is 0 Å². The highest BCUT2D eigenvalue weighted by Crippen LogP contribution is 2.33. The van der Waals surface area contributed by atoms with Gasteiger partial charge in [0, 0.05) is 13.2 Å². The molecule has 0 rings (SSSR count). The molecular weight excluding hydrogens is 164 g/mol. The Morgan fingerprint density at radius 1 is 0.923 bits per heavy atom. The van der Waals surface area contributed by atoms with Crippen molar-refractivity contribution in [2.24, 2.45) is 5.41 Å². The van der Waals surface area contributed by atoms with Gasteiger partial charge in [-0.15, -0.1) is 0 Å². The van der Waals surface area contributed by atoms with E-state index in [9.17, 15) is 0 Å². The van der Waals surface area contributed by atoms with Crippen molar-refractivity contribution in [3.63, 3.8) is 0 Å². The van der Waals surface area contributed by atoms with Crippen molar-refractivity contribution in [1.29, 1.82) is 0 Å².